The van der Waals surface area contributed by atoms with Gasteiger partial charge in [0.2, 0.25) is 0 Å². The van der Waals surface area contributed by atoms with Gasteiger partial charge in [0.05, 0.1) is 6.20 Å². The highest BCUT2D eigenvalue weighted by molar-refractivity contribution is 5.93. The highest BCUT2D eigenvalue weighted by atomic mass is 15.2. The molecule has 0 spiro atoms. The minimum atomic E-state index is -0.0690. The molecule has 12 heavy (non-hydrogen) atoms. The zero-order valence-corrected chi connectivity index (χ0v) is 6.10. The first-order valence-corrected chi connectivity index (χ1v) is 3.28. The summed E-state index contributed by atoms with van der Waals surface area (Å²) in [6.07, 6.45) is 4.87. The Labute approximate surface area is 67.6 Å². The van der Waals surface area contributed by atoms with E-state index in [1.165, 1.54) is 0 Å². The Hall–Kier alpha value is -1.98. The summed E-state index contributed by atoms with van der Waals surface area (Å²) in [6, 6.07) is 0. The fourth-order valence-electron chi connectivity index (χ4n) is 0.884. The molecule has 60 valence electrons. The second kappa shape index (κ2) is 2.26. The molecule has 6 nitrogen and oxygen atoms in total. The molecule has 0 unspecified atom stereocenters. The van der Waals surface area contributed by atoms with Gasteiger partial charge < -0.3 is 5.73 Å². The Morgan fingerprint density at radius 2 is 2.42 bits per heavy atom. The van der Waals surface area contributed by atoms with Crippen molar-refractivity contribution >= 4 is 11.6 Å². The molecular weight excluding hydrogens is 156 g/mol. The number of aromatic nitrogens is 4. The van der Waals surface area contributed by atoms with Crippen LogP contribution in [0, 0.1) is 5.41 Å². The number of rotatable bonds is 1. The van der Waals surface area contributed by atoms with Gasteiger partial charge in [-0.1, -0.05) is 0 Å². The van der Waals surface area contributed by atoms with E-state index in [0.717, 1.165) is 0 Å². The Balaban J connectivity index is 2.70. The molecule has 6 heteroatoms. The molecule has 2 heterocycles. The first kappa shape index (κ1) is 6.71. The van der Waals surface area contributed by atoms with Crippen LogP contribution in [0.5, 0.6) is 0 Å². The lowest BCUT2D eigenvalue weighted by atomic mass is 10.4. The zero-order valence-electron chi connectivity index (χ0n) is 6.10. The van der Waals surface area contributed by atoms with Crippen molar-refractivity contribution in [1.82, 2.24) is 19.6 Å². The van der Waals surface area contributed by atoms with Gasteiger partial charge in [0, 0.05) is 12.4 Å². The molecule has 0 amide bonds. The largest absolute Gasteiger partial charge is 0.382 e. The number of imidazole rings is 1. The van der Waals surface area contributed by atoms with Crippen LogP contribution >= 0.6 is 0 Å². The summed E-state index contributed by atoms with van der Waals surface area (Å²) in [5, 5.41) is 14.5. The zero-order chi connectivity index (χ0) is 8.55. The minimum absolute atomic E-state index is 0.0690. The third-order valence-electron chi connectivity index (χ3n) is 1.43. The van der Waals surface area contributed by atoms with Crippen molar-refractivity contribution < 1.29 is 0 Å². The number of fused-ring (bicyclic) bond motifs is 1. The molecule has 0 aliphatic heterocycles. The van der Waals surface area contributed by atoms with E-state index >= 15 is 0 Å². The highest BCUT2D eigenvalue weighted by Crippen LogP contribution is 1.98. The van der Waals surface area contributed by atoms with Crippen LogP contribution in [0.15, 0.2) is 18.6 Å². The molecule has 0 radical (unpaired) electrons. The van der Waals surface area contributed by atoms with Gasteiger partial charge in [0.1, 0.15) is 11.5 Å². The first-order valence-electron chi connectivity index (χ1n) is 3.28. The SMILES string of the molecule is N=C(N)c1cn2ccnnc2n1. The molecular formula is C6H6N6. The smallest absolute Gasteiger partial charge is 0.254 e. The van der Waals surface area contributed by atoms with Gasteiger partial charge in [-0.3, -0.25) is 9.81 Å². The molecule has 0 fully saturated rings. The lowest BCUT2D eigenvalue weighted by molar-refractivity contribution is 0.965. The quantitative estimate of drug-likeness (QED) is 0.433. The molecule has 0 aliphatic carbocycles. The molecule has 0 atom stereocenters. The van der Waals surface area contributed by atoms with Crippen molar-refractivity contribution in [2.75, 3.05) is 0 Å². The molecule has 2 aromatic heterocycles. The number of hydrogen-bond acceptors (Lipinski definition) is 4. The van der Waals surface area contributed by atoms with Crippen molar-refractivity contribution in [2.45, 2.75) is 0 Å². The Morgan fingerprint density at radius 1 is 1.58 bits per heavy atom. The van der Waals surface area contributed by atoms with Gasteiger partial charge in [0.15, 0.2) is 0 Å². The molecule has 0 bridgehead atoms. The number of nitrogens with two attached hydrogens (primary N) is 1. The second-order valence-electron chi connectivity index (χ2n) is 2.26. The van der Waals surface area contributed by atoms with Crippen LogP contribution in [0.1, 0.15) is 5.69 Å². The predicted octanol–water partition coefficient (Wildman–Crippen LogP) is -0.592. The van der Waals surface area contributed by atoms with E-state index in [2.05, 4.69) is 15.2 Å². The van der Waals surface area contributed by atoms with E-state index in [1.54, 1.807) is 23.0 Å². The molecule has 0 saturated carbocycles. The maximum atomic E-state index is 7.12. The van der Waals surface area contributed by atoms with E-state index in [0.29, 0.717) is 11.5 Å². The molecule has 0 aromatic carbocycles. The monoisotopic (exact) mass is 162 g/mol. The van der Waals surface area contributed by atoms with Crippen LogP contribution in [-0.2, 0) is 0 Å². The molecule has 0 saturated heterocycles. The van der Waals surface area contributed by atoms with E-state index in [9.17, 15) is 0 Å². The highest BCUT2D eigenvalue weighted by Gasteiger charge is 2.03. The summed E-state index contributed by atoms with van der Waals surface area (Å²) >= 11 is 0. The third-order valence-corrected chi connectivity index (χ3v) is 1.43. The van der Waals surface area contributed by atoms with Crippen LogP contribution in [0.25, 0.3) is 5.78 Å². The minimum Gasteiger partial charge on any atom is -0.382 e. The second-order valence-corrected chi connectivity index (χ2v) is 2.26. The normalized spacial score (nSPS) is 10.3. The summed E-state index contributed by atoms with van der Waals surface area (Å²) in [4.78, 5) is 3.95. The van der Waals surface area contributed by atoms with Crippen LogP contribution in [0.3, 0.4) is 0 Å². The maximum absolute atomic E-state index is 7.12. The maximum Gasteiger partial charge on any atom is 0.254 e. The number of nitrogens with zero attached hydrogens (tertiary/aromatic N) is 4. The first-order chi connectivity index (χ1) is 5.77. The van der Waals surface area contributed by atoms with Gasteiger partial charge >= 0.3 is 0 Å². The van der Waals surface area contributed by atoms with Gasteiger partial charge in [0.25, 0.3) is 5.78 Å². The summed E-state index contributed by atoms with van der Waals surface area (Å²) < 4.78 is 1.66. The molecule has 0 aliphatic rings. The van der Waals surface area contributed by atoms with Crippen molar-refractivity contribution in [2.24, 2.45) is 5.73 Å². The van der Waals surface area contributed by atoms with Gasteiger partial charge in [-0.15, -0.1) is 5.10 Å². The van der Waals surface area contributed by atoms with E-state index in [1.807, 2.05) is 0 Å². The van der Waals surface area contributed by atoms with Gasteiger partial charge in [-0.25, -0.2) is 4.98 Å². The lowest BCUT2D eigenvalue weighted by Crippen LogP contribution is -2.11. The average Bonchev–Trinajstić information content (AvgIpc) is 2.46. The Kier molecular flexibility index (Phi) is 1.26. The van der Waals surface area contributed by atoms with Crippen molar-refractivity contribution in [3.05, 3.63) is 24.3 Å². The van der Waals surface area contributed by atoms with E-state index < -0.39 is 0 Å². The molecule has 2 aromatic rings. The van der Waals surface area contributed by atoms with Crippen molar-refractivity contribution in [3.8, 4) is 0 Å². The number of amidine groups is 1. The Bertz CT molecular complexity index is 397. The van der Waals surface area contributed by atoms with Crippen LogP contribution < -0.4 is 5.73 Å². The summed E-state index contributed by atoms with van der Waals surface area (Å²) in [7, 11) is 0. The fourth-order valence-corrected chi connectivity index (χ4v) is 0.884. The topological polar surface area (TPSA) is 93.0 Å². The van der Waals surface area contributed by atoms with Crippen LogP contribution in [-0.4, -0.2) is 25.4 Å². The summed E-state index contributed by atoms with van der Waals surface area (Å²) in [6.45, 7) is 0. The van der Waals surface area contributed by atoms with Gasteiger partial charge in [-0.05, 0) is 0 Å². The standard InChI is InChI=1S/C6H6N6/c7-5(8)4-3-12-2-1-9-11-6(12)10-4/h1-3H,(H3,7,8). The Morgan fingerprint density at radius 3 is 3.08 bits per heavy atom. The number of nitrogens with one attached hydrogen (secondary N) is 1. The van der Waals surface area contributed by atoms with Gasteiger partial charge in [-0.2, -0.15) is 5.10 Å². The number of nitrogen functional groups attached to an aromatic ring is 1. The fraction of sp³-hybridized carbons (Fsp3) is 0. The third kappa shape index (κ3) is 0.895. The van der Waals surface area contributed by atoms with Crippen LogP contribution in [0.4, 0.5) is 0 Å². The van der Waals surface area contributed by atoms with E-state index in [4.69, 9.17) is 11.1 Å². The summed E-state index contributed by atoms with van der Waals surface area (Å²) in [5.74, 6) is 0.378. The molecule has 2 rings (SSSR count). The predicted molar refractivity (Wildman–Crippen MR) is 41.8 cm³/mol. The van der Waals surface area contributed by atoms with E-state index in [-0.39, 0.29) is 5.84 Å². The summed E-state index contributed by atoms with van der Waals surface area (Å²) in [5.41, 5.74) is 5.65. The molecule has 3 N–H and O–H groups in total. The van der Waals surface area contributed by atoms with Crippen molar-refractivity contribution in [3.63, 3.8) is 0 Å². The lowest BCUT2D eigenvalue weighted by Gasteiger charge is -1.84. The van der Waals surface area contributed by atoms with Crippen LogP contribution in [0.2, 0.25) is 0 Å². The van der Waals surface area contributed by atoms with Crippen molar-refractivity contribution in [1.29, 1.82) is 5.41 Å². The average molecular weight is 162 g/mol. The number of hydrogen-bond donors (Lipinski definition) is 2.